The Hall–Kier alpha value is -0.260. The minimum Gasteiger partial charge on any atom is -0.0914 e. The van der Waals surface area contributed by atoms with Gasteiger partial charge in [0.2, 0.25) is 0 Å². The highest BCUT2D eigenvalue weighted by atomic mass is 14.3. The Morgan fingerprint density at radius 1 is 0.765 bits per heavy atom. The predicted octanol–water partition coefficient (Wildman–Crippen LogP) is 5.59. The zero-order valence-electron chi connectivity index (χ0n) is 11.8. The lowest BCUT2D eigenvalue weighted by molar-refractivity contribution is 0.195. The van der Waals surface area contributed by atoms with Gasteiger partial charge in [-0.15, -0.1) is 0 Å². The summed E-state index contributed by atoms with van der Waals surface area (Å²) in [6.07, 6.45) is 18.2. The highest BCUT2D eigenvalue weighted by Gasteiger charge is 2.27. The molecule has 0 aromatic carbocycles. The van der Waals surface area contributed by atoms with Crippen LogP contribution in [0.1, 0.15) is 71.6 Å². The monoisotopic (exact) mass is 234 g/mol. The molecule has 0 aliphatic heterocycles. The largest absolute Gasteiger partial charge is 0.0914 e. The molecule has 0 spiro atoms. The maximum absolute atomic E-state index is 2.45. The average Bonchev–Trinajstić information content (AvgIpc) is 2.56. The molecule has 2 fully saturated rings. The van der Waals surface area contributed by atoms with Crippen molar-refractivity contribution in [3.8, 4) is 0 Å². The van der Waals surface area contributed by atoms with Gasteiger partial charge in [-0.1, -0.05) is 44.8 Å². The Balaban J connectivity index is 1.82. The first-order valence-corrected chi connectivity index (χ1v) is 7.92. The molecule has 0 nitrogen and oxygen atoms in total. The molecule has 17 heavy (non-hydrogen) atoms. The second-order valence-corrected chi connectivity index (χ2v) is 6.57. The molecule has 0 amide bonds. The van der Waals surface area contributed by atoms with Crippen molar-refractivity contribution < 1.29 is 0 Å². The summed E-state index contributed by atoms with van der Waals surface area (Å²) in [6, 6.07) is 0. The highest BCUT2D eigenvalue weighted by molar-refractivity contribution is 4.89. The molecule has 2 aliphatic rings. The zero-order valence-corrected chi connectivity index (χ0v) is 11.8. The van der Waals surface area contributed by atoms with Crippen LogP contribution in [0.25, 0.3) is 0 Å². The number of allylic oxidation sites excluding steroid dienone is 2. The van der Waals surface area contributed by atoms with E-state index in [1.54, 1.807) is 0 Å². The van der Waals surface area contributed by atoms with Gasteiger partial charge in [0.05, 0.1) is 0 Å². The Morgan fingerprint density at radius 3 is 2.12 bits per heavy atom. The van der Waals surface area contributed by atoms with Gasteiger partial charge in [0.25, 0.3) is 0 Å². The zero-order chi connectivity index (χ0) is 12.1. The summed E-state index contributed by atoms with van der Waals surface area (Å²) >= 11 is 0. The summed E-state index contributed by atoms with van der Waals surface area (Å²) in [7, 11) is 0. The molecule has 2 aliphatic carbocycles. The molecule has 0 saturated heterocycles. The van der Waals surface area contributed by atoms with Crippen molar-refractivity contribution in [2.75, 3.05) is 0 Å². The van der Waals surface area contributed by atoms with Gasteiger partial charge in [0, 0.05) is 0 Å². The van der Waals surface area contributed by atoms with E-state index in [1.807, 2.05) is 0 Å². The smallest absolute Gasteiger partial charge is 0.0234 e. The van der Waals surface area contributed by atoms with Crippen LogP contribution in [-0.4, -0.2) is 0 Å². The molecule has 0 aromatic rings. The van der Waals surface area contributed by atoms with E-state index in [4.69, 9.17) is 0 Å². The molecule has 0 heterocycles. The molecule has 2 rings (SSSR count). The fraction of sp³-hybridized carbons (Fsp3) is 0.882. The maximum atomic E-state index is 2.45. The molecule has 98 valence electrons. The molecule has 2 atom stereocenters. The van der Waals surface area contributed by atoms with Crippen molar-refractivity contribution in [3.05, 3.63) is 12.2 Å². The van der Waals surface area contributed by atoms with Crippen molar-refractivity contribution in [3.63, 3.8) is 0 Å². The van der Waals surface area contributed by atoms with Gasteiger partial charge in [0.1, 0.15) is 0 Å². The third-order valence-corrected chi connectivity index (χ3v) is 5.25. The minimum atomic E-state index is 0.896. The van der Waals surface area contributed by atoms with Gasteiger partial charge in [-0.3, -0.25) is 0 Å². The van der Waals surface area contributed by atoms with Crippen molar-refractivity contribution in [1.82, 2.24) is 0 Å². The molecule has 2 saturated carbocycles. The van der Waals surface area contributed by atoms with E-state index in [1.165, 1.54) is 57.8 Å². The second-order valence-electron chi connectivity index (χ2n) is 6.57. The third-order valence-electron chi connectivity index (χ3n) is 5.25. The summed E-state index contributed by atoms with van der Waals surface area (Å²) in [5, 5.41) is 0. The predicted molar refractivity (Wildman–Crippen MR) is 76.0 cm³/mol. The van der Waals surface area contributed by atoms with Crippen LogP contribution in [0, 0.1) is 23.7 Å². The highest BCUT2D eigenvalue weighted by Crippen LogP contribution is 2.40. The van der Waals surface area contributed by atoms with Gasteiger partial charge in [-0.2, -0.15) is 0 Å². The first-order valence-electron chi connectivity index (χ1n) is 7.92. The first-order chi connectivity index (χ1) is 8.29. The number of hydrogen-bond acceptors (Lipinski definition) is 0. The van der Waals surface area contributed by atoms with Crippen LogP contribution in [0.3, 0.4) is 0 Å². The Morgan fingerprint density at radius 2 is 1.41 bits per heavy atom. The van der Waals surface area contributed by atoms with Crippen molar-refractivity contribution in [2.45, 2.75) is 71.6 Å². The Kier molecular flexibility index (Phi) is 5.13. The van der Waals surface area contributed by atoms with Crippen molar-refractivity contribution in [2.24, 2.45) is 23.7 Å². The topological polar surface area (TPSA) is 0 Å². The molecular weight excluding hydrogens is 204 g/mol. The summed E-state index contributed by atoms with van der Waals surface area (Å²) in [4.78, 5) is 0. The van der Waals surface area contributed by atoms with Gasteiger partial charge in [-0.25, -0.2) is 0 Å². The molecule has 0 N–H and O–H groups in total. The molecular formula is C17H30. The van der Waals surface area contributed by atoms with E-state index in [9.17, 15) is 0 Å². The number of hydrogen-bond donors (Lipinski definition) is 0. The lowest BCUT2D eigenvalue weighted by Crippen LogP contribution is -2.20. The van der Waals surface area contributed by atoms with E-state index in [2.05, 4.69) is 26.0 Å². The Bertz CT molecular complexity index is 232. The van der Waals surface area contributed by atoms with E-state index in [0.29, 0.717) is 0 Å². The second kappa shape index (κ2) is 6.61. The quantitative estimate of drug-likeness (QED) is 0.432. The fourth-order valence-corrected chi connectivity index (χ4v) is 4.05. The van der Waals surface area contributed by atoms with E-state index in [-0.39, 0.29) is 0 Å². The molecule has 0 radical (unpaired) electrons. The average molecular weight is 234 g/mol. The Labute approximate surface area is 108 Å². The lowest BCUT2D eigenvalue weighted by Gasteiger charge is -2.32. The van der Waals surface area contributed by atoms with E-state index in [0.717, 1.165) is 23.7 Å². The van der Waals surface area contributed by atoms with Crippen LogP contribution in [0.2, 0.25) is 0 Å². The summed E-state index contributed by atoms with van der Waals surface area (Å²) < 4.78 is 0. The summed E-state index contributed by atoms with van der Waals surface area (Å²) in [5.41, 5.74) is 0. The maximum Gasteiger partial charge on any atom is -0.0234 e. The lowest BCUT2D eigenvalue weighted by atomic mass is 9.74. The van der Waals surface area contributed by atoms with Crippen LogP contribution < -0.4 is 0 Å². The van der Waals surface area contributed by atoms with Gasteiger partial charge < -0.3 is 0 Å². The van der Waals surface area contributed by atoms with Crippen LogP contribution >= 0.6 is 0 Å². The van der Waals surface area contributed by atoms with Crippen LogP contribution in [0.5, 0.6) is 0 Å². The first kappa shape index (κ1) is 13.2. The number of rotatable bonds is 2. The van der Waals surface area contributed by atoms with Gasteiger partial charge in [0.15, 0.2) is 0 Å². The molecule has 0 heteroatoms. The van der Waals surface area contributed by atoms with Crippen molar-refractivity contribution in [1.29, 1.82) is 0 Å². The van der Waals surface area contributed by atoms with Gasteiger partial charge >= 0.3 is 0 Å². The molecule has 2 unspecified atom stereocenters. The minimum absolute atomic E-state index is 0.896. The van der Waals surface area contributed by atoms with Crippen LogP contribution in [0.15, 0.2) is 12.2 Å². The van der Waals surface area contributed by atoms with Crippen LogP contribution in [-0.2, 0) is 0 Å². The van der Waals surface area contributed by atoms with Crippen LogP contribution in [0.4, 0.5) is 0 Å². The third kappa shape index (κ3) is 3.86. The van der Waals surface area contributed by atoms with Crippen molar-refractivity contribution >= 4 is 0 Å². The van der Waals surface area contributed by atoms with E-state index >= 15 is 0 Å². The molecule has 0 aromatic heterocycles. The normalized spacial score (nSPS) is 40.4. The summed E-state index contributed by atoms with van der Waals surface area (Å²) in [5.74, 6) is 4.05. The van der Waals surface area contributed by atoms with Gasteiger partial charge in [-0.05, 0) is 62.7 Å². The van der Waals surface area contributed by atoms with E-state index < -0.39 is 0 Å². The SMILES string of the molecule is CC=CC1CCCC(C2CCC(C)CC2)CC1. The summed E-state index contributed by atoms with van der Waals surface area (Å²) in [6.45, 7) is 4.61. The fourth-order valence-electron chi connectivity index (χ4n) is 4.05. The standard InChI is InChI=1S/C17H30/c1-3-5-15-6-4-7-16(13-10-15)17-11-8-14(2)9-12-17/h3,5,14-17H,4,6-13H2,1-2H3. The molecule has 0 bridgehead atoms.